The Kier molecular flexibility index (Phi) is 10.3. The number of nitrogens with zero attached hydrogens (tertiary/aromatic N) is 2. The van der Waals surface area contributed by atoms with Gasteiger partial charge >= 0.3 is 0 Å². The average Bonchev–Trinajstić information content (AvgIpc) is 3.13. The highest BCUT2D eigenvalue weighted by molar-refractivity contribution is 7.80. The molecule has 1 aliphatic rings. The van der Waals surface area contributed by atoms with Crippen LogP contribution in [0.25, 0.3) is 0 Å². The summed E-state index contributed by atoms with van der Waals surface area (Å²) in [5, 5.41) is 3.95. The summed E-state index contributed by atoms with van der Waals surface area (Å²) in [7, 11) is 1.79. The van der Waals surface area contributed by atoms with Gasteiger partial charge in [-0.3, -0.25) is 9.59 Å². The maximum atomic E-state index is 13.3. The van der Waals surface area contributed by atoms with Gasteiger partial charge in [-0.15, -0.1) is 0 Å². The highest BCUT2D eigenvalue weighted by atomic mass is 32.1. The van der Waals surface area contributed by atoms with E-state index in [4.69, 9.17) is 12.2 Å². The highest BCUT2D eigenvalue weighted by Crippen LogP contribution is 2.23. The van der Waals surface area contributed by atoms with Crippen molar-refractivity contribution in [2.75, 3.05) is 20.1 Å². The van der Waals surface area contributed by atoms with Crippen LogP contribution in [0.3, 0.4) is 0 Å². The standard InChI is InChI=1S/C21H39N3O2S/c1-7-9-12-22-21(27)24-13-10-11-17(24)20(26)23(6)18(14-15(3)4)19(25)16(5)8-2/h15-18H,7-14H2,1-6H3,(H,22,27)/t16?,17-,18+/m0/s1. The number of carbonyl (C=O) groups excluding carboxylic acids is 2. The number of likely N-dealkylation sites (N-methyl/N-ethyl adjacent to an activating group) is 1. The van der Waals surface area contributed by atoms with Crippen LogP contribution in [0.1, 0.15) is 73.1 Å². The third kappa shape index (κ3) is 6.74. The van der Waals surface area contributed by atoms with Crippen molar-refractivity contribution in [3.05, 3.63) is 0 Å². The van der Waals surface area contributed by atoms with Crippen LogP contribution < -0.4 is 5.32 Å². The number of ketones is 1. The summed E-state index contributed by atoms with van der Waals surface area (Å²) in [6, 6.07) is -0.604. The fourth-order valence-electron chi connectivity index (χ4n) is 3.57. The van der Waals surface area contributed by atoms with Crippen molar-refractivity contribution in [2.24, 2.45) is 11.8 Å². The van der Waals surface area contributed by atoms with Gasteiger partial charge < -0.3 is 15.1 Å². The minimum atomic E-state index is -0.350. The van der Waals surface area contributed by atoms with Crippen LogP contribution in [-0.2, 0) is 9.59 Å². The predicted molar refractivity (Wildman–Crippen MR) is 116 cm³/mol. The lowest BCUT2D eigenvalue weighted by Crippen LogP contribution is -2.54. The van der Waals surface area contributed by atoms with Crippen molar-refractivity contribution in [3.8, 4) is 0 Å². The monoisotopic (exact) mass is 397 g/mol. The van der Waals surface area contributed by atoms with E-state index in [0.717, 1.165) is 45.2 Å². The lowest BCUT2D eigenvalue weighted by Gasteiger charge is -2.35. The molecule has 1 heterocycles. The van der Waals surface area contributed by atoms with Gasteiger partial charge in [0.1, 0.15) is 6.04 Å². The van der Waals surface area contributed by atoms with Crippen molar-refractivity contribution in [3.63, 3.8) is 0 Å². The number of nitrogens with one attached hydrogen (secondary N) is 1. The van der Waals surface area contributed by atoms with Crippen LogP contribution in [-0.4, -0.2) is 58.8 Å². The molecule has 0 bridgehead atoms. The van der Waals surface area contributed by atoms with E-state index in [9.17, 15) is 9.59 Å². The first-order valence-electron chi connectivity index (χ1n) is 10.6. The molecule has 6 heteroatoms. The molecule has 5 nitrogen and oxygen atoms in total. The summed E-state index contributed by atoms with van der Waals surface area (Å²) in [5.41, 5.74) is 0. The number of hydrogen-bond acceptors (Lipinski definition) is 3. The number of carbonyl (C=O) groups is 2. The van der Waals surface area contributed by atoms with E-state index in [-0.39, 0.29) is 29.7 Å². The zero-order valence-electron chi connectivity index (χ0n) is 18.1. The fraction of sp³-hybridized carbons (Fsp3) is 0.857. The quantitative estimate of drug-likeness (QED) is 0.451. The van der Waals surface area contributed by atoms with Crippen LogP contribution in [0.2, 0.25) is 0 Å². The van der Waals surface area contributed by atoms with E-state index in [1.165, 1.54) is 0 Å². The van der Waals surface area contributed by atoms with Gasteiger partial charge in [0.05, 0.1) is 6.04 Å². The van der Waals surface area contributed by atoms with Crippen molar-refractivity contribution in [1.82, 2.24) is 15.1 Å². The van der Waals surface area contributed by atoms with Crippen LogP contribution in [0.4, 0.5) is 0 Å². The second-order valence-corrected chi connectivity index (χ2v) is 8.63. The molecular weight excluding hydrogens is 358 g/mol. The fourth-order valence-corrected chi connectivity index (χ4v) is 3.89. The van der Waals surface area contributed by atoms with E-state index in [0.29, 0.717) is 17.5 Å². The first-order valence-corrected chi connectivity index (χ1v) is 11.0. The van der Waals surface area contributed by atoms with Crippen molar-refractivity contribution < 1.29 is 9.59 Å². The molecule has 0 spiro atoms. The molecule has 0 aromatic rings. The topological polar surface area (TPSA) is 52.7 Å². The maximum Gasteiger partial charge on any atom is 0.245 e. The Morgan fingerprint density at radius 1 is 1.26 bits per heavy atom. The largest absolute Gasteiger partial charge is 0.363 e. The Balaban J connectivity index is 2.88. The average molecular weight is 398 g/mol. The van der Waals surface area contributed by atoms with E-state index in [1.807, 2.05) is 18.7 Å². The zero-order chi connectivity index (χ0) is 20.6. The Labute approximate surface area is 171 Å². The molecule has 0 aliphatic carbocycles. The molecule has 1 unspecified atom stereocenters. The number of likely N-dealkylation sites (tertiary alicyclic amines) is 1. The van der Waals surface area contributed by atoms with Crippen molar-refractivity contribution in [2.45, 2.75) is 85.2 Å². The van der Waals surface area contributed by atoms with E-state index in [1.54, 1.807) is 11.9 Å². The predicted octanol–water partition coefficient (Wildman–Crippen LogP) is 3.61. The summed E-state index contributed by atoms with van der Waals surface area (Å²) in [5.74, 6) is 0.528. The summed E-state index contributed by atoms with van der Waals surface area (Å²) < 4.78 is 0. The molecular formula is C21H39N3O2S. The van der Waals surface area contributed by atoms with Crippen molar-refractivity contribution in [1.29, 1.82) is 0 Å². The first-order chi connectivity index (χ1) is 12.7. The van der Waals surface area contributed by atoms with Crippen LogP contribution in [0, 0.1) is 11.8 Å². The summed E-state index contributed by atoms with van der Waals surface area (Å²) in [6.07, 6.45) is 5.42. The van der Waals surface area contributed by atoms with Gasteiger partial charge in [0, 0.05) is 26.1 Å². The van der Waals surface area contributed by atoms with Crippen LogP contribution in [0.5, 0.6) is 0 Å². The van der Waals surface area contributed by atoms with Gasteiger partial charge in [-0.1, -0.05) is 41.0 Å². The molecule has 1 amide bonds. The third-order valence-corrected chi connectivity index (χ3v) is 5.92. The molecule has 0 aromatic carbocycles. The minimum Gasteiger partial charge on any atom is -0.363 e. The minimum absolute atomic E-state index is 0.0226. The lowest BCUT2D eigenvalue weighted by molar-refractivity contribution is -0.142. The van der Waals surface area contributed by atoms with Crippen molar-refractivity contribution >= 4 is 29.0 Å². The molecule has 0 saturated carbocycles. The Hall–Kier alpha value is -1.17. The Morgan fingerprint density at radius 2 is 1.93 bits per heavy atom. The number of hydrogen-bond donors (Lipinski definition) is 1. The number of Topliss-reactive ketones (excluding diaryl/α,β-unsaturated/α-hetero) is 1. The third-order valence-electron chi connectivity index (χ3n) is 5.54. The van der Waals surface area contributed by atoms with Crippen LogP contribution >= 0.6 is 12.2 Å². The molecule has 27 heavy (non-hydrogen) atoms. The highest BCUT2D eigenvalue weighted by Gasteiger charge is 2.38. The molecule has 1 saturated heterocycles. The van der Waals surface area contributed by atoms with Gasteiger partial charge in [0.25, 0.3) is 0 Å². The number of rotatable bonds is 10. The second-order valence-electron chi connectivity index (χ2n) is 8.24. The molecule has 0 aromatic heterocycles. The number of amides is 1. The summed E-state index contributed by atoms with van der Waals surface area (Å²) in [6.45, 7) is 12.0. The summed E-state index contributed by atoms with van der Waals surface area (Å²) in [4.78, 5) is 29.9. The molecule has 1 aliphatic heterocycles. The smallest absolute Gasteiger partial charge is 0.245 e. The first kappa shape index (κ1) is 23.9. The SMILES string of the molecule is CCCCNC(=S)N1CCC[C@H]1C(=O)N(C)[C@H](CC(C)C)C(=O)C(C)CC. The molecule has 156 valence electrons. The lowest BCUT2D eigenvalue weighted by atomic mass is 9.90. The summed E-state index contributed by atoms with van der Waals surface area (Å²) >= 11 is 5.53. The molecule has 1 N–H and O–H groups in total. The number of unbranched alkanes of at least 4 members (excludes halogenated alkanes) is 1. The second kappa shape index (κ2) is 11.6. The van der Waals surface area contributed by atoms with E-state index >= 15 is 0 Å². The van der Waals surface area contributed by atoms with Gasteiger partial charge in [0.2, 0.25) is 5.91 Å². The van der Waals surface area contributed by atoms with Gasteiger partial charge in [-0.25, -0.2) is 0 Å². The Bertz CT molecular complexity index is 510. The van der Waals surface area contributed by atoms with Gasteiger partial charge in [-0.2, -0.15) is 0 Å². The molecule has 1 fully saturated rings. The zero-order valence-corrected chi connectivity index (χ0v) is 18.9. The molecule has 0 radical (unpaired) electrons. The normalized spacial score (nSPS) is 19.1. The van der Waals surface area contributed by atoms with Crippen LogP contribution in [0.15, 0.2) is 0 Å². The maximum absolute atomic E-state index is 13.3. The van der Waals surface area contributed by atoms with Gasteiger partial charge in [-0.05, 0) is 50.2 Å². The van der Waals surface area contributed by atoms with E-state index < -0.39 is 0 Å². The van der Waals surface area contributed by atoms with E-state index in [2.05, 4.69) is 26.1 Å². The molecule has 3 atom stereocenters. The number of thiocarbonyl (C=S) groups is 1. The van der Waals surface area contributed by atoms with Gasteiger partial charge in [0.15, 0.2) is 10.9 Å². The Morgan fingerprint density at radius 3 is 2.48 bits per heavy atom. The molecule has 1 rings (SSSR count).